The third-order valence-electron chi connectivity index (χ3n) is 4.24. The highest BCUT2D eigenvalue weighted by molar-refractivity contribution is 5.47. The Balaban J connectivity index is 1.95. The zero-order chi connectivity index (χ0) is 15.3. The summed E-state index contributed by atoms with van der Waals surface area (Å²) in [5.41, 5.74) is -0.0351. The molecule has 1 fully saturated rings. The zero-order valence-electron chi connectivity index (χ0n) is 14.0. The molecule has 118 valence electrons. The normalized spacial score (nSPS) is 16.8. The van der Waals surface area contributed by atoms with Crippen LogP contribution in [-0.4, -0.2) is 23.6 Å². The Morgan fingerprint density at radius 1 is 1.10 bits per heavy atom. The Labute approximate surface area is 129 Å². The highest BCUT2D eigenvalue weighted by Crippen LogP contribution is 2.26. The van der Waals surface area contributed by atoms with Crippen LogP contribution in [0.4, 0.5) is 11.6 Å². The maximum atomic E-state index is 4.67. The summed E-state index contributed by atoms with van der Waals surface area (Å²) in [6, 6.07) is 2.00. The van der Waals surface area contributed by atoms with Crippen LogP contribution in [0.25, 0.3) is 0 Å². The first-order valence-electron chi connectivity index (χ1n) is 8.30. The second-order valence-electron chi connectivity index (χ2n) is 7.18. The molecule has 21 heavy (non-hydrogen) atoms. The van der Waals surface area contributed by atoms with Gasteiger partial charge in [-0.25, -0.2) is 9.97 Å². The second-order valence-corrected chi connectivity index (χ2v) is 7.18. The molecule has 2 rings (SSSR count). The number of nitrogens with one attached hydrogen (secondary N) is 2. The van der Waals surface area contributed by atoms with Gasteiger partial charge in [0.05, 0.1) is 0 Å². The summed E-state index contributed by atoms with van der Waals surface area (Å²) in [6.07, 6.45) is 8.31. The molecule has 0 radical (unpaired) electrons. The topological polar surface area (TPSA) is 49.8 Å². The fraction of sp³-hybridized carbons (Fsp3) is 0.765. The van der Waals surface area contributed by atoms with Gasteiger partial charge in [-0.3, -0.25) is 0 Å². The lowest BCUT2D eigenvalue weighted by Gasteiger charge is -2.22. The second kappa shape index (κ2) is 7.10. The summed E-state index contributed by atoms with van der Waals surface area (Å²) in [7, 11) is 1.90. The third-order valence-corrected chi connectivity index (χ3v) is 4.24. The van der Waals surface area contributed by atoms with E-state index in [9.17, 15) is 0 Å². The van der Waals surface area contributed by atoms with Gasteiger partial charge in [0.1, 0.15) is 17.5 Å². The van der Waals surface area contributed by atoms with Crippen molar-refractivity contribution in [1.82, 2.24) is 9.97 Å². The number of nitrogens with zero attached hydrogens (tertiary/aromatic N) is 2. The predicted molar refractivity (Wildman–Crippen MR) is 90.0 cm³/mol. The van der Waals surface area contributed by atoms with E-state index in [1.807, 2.05) is 13.1 Å². The van der Waals surface area contributed by atoms with Crippen molar-refractivity contribution in [2.24, 2.45) is 5.92 Å². The van der Waals surface area contributed by atoms with E-state index in [0.717, 1.165) is 29.9 Å². The first-order chi connectivity index (χ1) is 9.99. The van der Waals surface area contributed by atoms with Gasteiger partial charge in [-0.05, 0) is 12.3 Å². The van der Waals surface area contributed by atoms with E-state index in [2.05, 4.69) is 41.4 Å². The van der Waals surface area contributed by atoms with Crippen molar-refractivity contribution in [1.29, 1.82) is 0 Å². The van der Waals surface area contributed by atoms with Crippen molar-refractivity contribution in [3.05, 3.63) is 11.9 Å². The Bertz CT molecular complexity index is 445. The Morgan fingerprint density at radius 2 is 1.76 bits per heavy atom. The van der Waals surface area contributed by atoms with Crippen LogP contribution < -0.4 is 10.6 Å². The fourth-order valence-electron chi connectivity index (χ4n) is 2.88. The lowest BCUT2D eigenvalue weighted by Crippen LogP contribution is -2.19. The smallest absolute Gasteiger partial charge is 0.138 e. The van der Waals surface area contributed by atoms with Gasteiger partial charge in [0, 0.05) is 25.1 Å². The molecule has 0 unspecified atom stereocenters. The average molecular weight is 290 g/mol. The summed E-state index contributed by atoms with van der Waals surface area (Å²) in [5.74, 6) is 3.61. The molecule has 0 saturated heterocycles. The first kappa shape index (κ1) is 16.1. The van der Waals surface area contributed by atoms with Gasteiger partial charge in [0.2, 0.25) is 0 Å². The summed E-state index contributed by atoms with van der Waals surface area (Å²) in [6.45, 7) is 7.45. The fourth-order valence-corrected chi connectivity index (χ4v) is 2.88. The minimum atomic E-state index is -0.0351. The highest BCUT2D eigenvalue weighted by Gasteiger charge is 2.19. The van der Waals surface area contributed by atoms with Gasteiger partial charge in [-0.2, -0.15) is 0 Å². The summed E-state index contributed by atoms with van der Waals surface area (Å²) in [4.78, 5) is 9.23. The Hall–Kier alpha value is -1.32. The molecule has 2 N–H and O–H groups in total. The van der Waals surface area contributed by atoms with Crippen molar-refractivity contribution < 1.29 is 0 Å². The lowest BCUT2D eigenvalue weighted by molar-refractivity contribution is 0.345. The minimum Gasteiger partial charge on any atom is -0.373 e. The van der Waals surface area contributed by atoms with Crippen molar-refractivity contribution in [3.63, 3.8) is 0 Å². The monoisotopic (exact) mass is 290 g/mol. The van der Waals surface area contributed by atoms with Crippen LogP contribution in [-0.2, 0) is 5.41 Å². The number of hydrogen-bond donors (Lipinski definition) is 2. The number of aromatic nitrogens is 2. The maximum Gasteiger partial charge on any atom is 0.138 e. The van der Waals surface area contributed by atoms with Crippen LogP contribution in [0.1, 0.15) is 65.1 Å². The maximum absolute atomic E-state index is 4.67. The Morgan fingerprint density at radius 3 is 2.38 bits per heavy atom. The number of rotatable bonds is 5. The Kier molecular flexibility index (Phi) is 5.43. The van der Waals surface area contributed by atoms with Gasteiger partial charge in [0.15, 0.2) is 0 Å². The molecule has 0 aromatic carbocycles. The molecule has 0 bridgehead atoms. The molecule has 1 aromatic heterocycles. The molecular formula is C17H30N4. The van der Waals surface area contributed by atoms with Crippen molar-refractivity contribution in [3.8, 4) is 0 Å². The zero-order valence-corrected chi connectivity index (χ0v) is 14.0. The number of hydrogen-bond acceptors (Lipinski definition) is 4. The van der Waals surface area contributed by atoms with Crippen LogP contribution in [0.2, 0.25) is 0 Å². The van der Waals surface area contributed by atoms with E-state index in [1.54, 1.807) is 0 Å². The van der Waals surface area contributed by atoms with E-state index < -0.39 is 0 Å². The van der Waals surface area contributed by atoms with Crippen molar-refractivity contribution in [2.75, 3.05) is 24.2 Å². The summed E-state index contributed by atoms with van der Waals surface area (Å²) < 4.78 is 0. The van der Waals surface area contributed by atoms with Gasteiger partial charge < -0.3 is 10.6 Å². The van der Waals surface area contributed by atoms with E-state index in [4.69, 9.17) is 0 Å². The van der Waals surface area contributed by atoms with Crippen LogP contribution in [0.15, 0.2) is 6.07 Å². The molecule has 1 heterocycles. The van der Waals surface area contributed by atoms with Crippen LogP contribution in [0, 0.1) is 5.92 Å². The van der Waals surface area contributed by atoms with Crippen molar-refractivity contribution in [2.45, 2.75) is 64.7 Å². The molecule has 0 spiro atoms. The van der Waals surface area contributed by atoms with E-state index >= 15 is 0 Å². The number of anilines is 2. The molecule has 1 aliphatic carbocycles. The van der Waals surface area contributed by atoms with Crippen LogP contribution >= 0.6 is 0 Å². The van der Waals surface area contributed by atoms with E-state index in [1.165, 1.54) is 38.5 Å². The predicted octanol–water partition coefficient (Wildman–Crippen LogP) is 4.20. The van der Waals surface area contributed by atoms with Gasteiger partial charge in [0.25, 0.3) is 0 Å². The molecule has 1 aromatic rings. The third kappa shape index (κ3) is 4.87. The molecule has 1 saturated carbocycles. The molecule has 1 aliphatic rings. The van der Waals surface area contributed by atoms with Gasteiger partial charge in [-0.15, -0.1) is 0 Å². The molecular weight excluding hydrogens is 260 g/mol. The standard InChI is InChI=1S/C17H30N4/c1-17(2,3)16-20-14(18-4)12-15(21-16)19-11-10-13-8-6-5-7-9-13/h12-13H,5-11H2,1-4H3,(H2,18,19,20,21). The van der Waals surface area contributed by atoms with Crippen LogP contribution in [0.5, 0.6) is 0 Å². The molecule has 0 atom stereocenters. The molecule has 4 nitrogen and oxygen atoms in total. The highest BCUT2D eigenvalue weighted by atomic mass is 15.1. The first-order valence-corrected chi connectivity index (χ1v) is 8.30. The van der Waals surface area contributed by atoms with E-state index in [-0.39, 0.29) is 5.41 Å². The molecule has 4 heteroatoms. The summed E-state index contributed by atoms with van der Waals surface area (Å²) in [5, 5.41) is 6.62. The van der Waals surface area contributed by atoms with E-state index in [0.29, 0.717) is 0 Å². The molecule has 0 amide bonds. The summed E-state index contributed by atoms with van der Waals surface area (Å²) >= 11 is 0. The van der Waals surface area contributed by atoms with Crippen LogP contribution in [0.3, 0.4) is 0 Å². The quantitative estimate of drug-likeness (QED) is 0.853. The largest absolute Gasteiger partial charge is 0.373 e. The van der Waals surface area contributed by atoms with Gasteiger partial charge in [-0.1, -0.05) is 52.9 Å². The average Bonchev–Trinajstić information content (AvgIpc) is 2.47. The van der Waals surface area contributed by atoms with Gasteiger partial charge >= 0.3 is 0 Å². The lowest BCUT2D eigenvalue weighted by atomic mass is 9.87. The minimum absolute atomic E-state index is 0.0351. The molecule has 0 aliphatic heterocycles. The van der Waals surface area contributed by atoms with Crippen molar-refractivity contribution >= 4 is 11.6 Å². The SMILES string of the molecule is CNc1cc(NCCC2CCCCC2)nc(C(C)(C)C)n1.